The second kappa shape index (κ2) is 9.19. The number of para-hydroxylation sites is 1. The van der Waals surface area contributed by atoms with Crippen molar-refractivity contribution in [2.75, 3.05) is 6.54 Å². The monoisotopic (exact) mass is 433 g/mol. The maximum Gasteiger partial charge on any atom is 0.295 e. The number of nitrogens with zero attached hydrogens (tertiary/aromatic N) is 1. The first-order valence-electron chi connectivity index (χ1n) is 11.6. The normalized spacial score (nSPS) is 20.0. The van der Waals surface area contributed by atoms with Crippen molar-refractivity contribution >= 4 is 17.4 Å². The van der Waals surface area contributed by atoms with E-state index in [4.69, 9.17) is 4.74 Å². The fourth-order valence-electron chi connectivity index (χ4n) is 4.78. The third-order valence-electron chi connectivity index (χ3n) is 6.20. The summed E-state index contributed by atoms with van der Waals surface area (Å²) in [7, 11) is 0. The Labute approximate surface area is 189 Å². The number of ketones is 1. The van der Waals surface area contributed by atoms with E-state index in [0.717, 1.165) is 19.3 Å². The molecule has 1 saturated heterocycles. The molecule has 32 heavy (non-hydrogen) atoms. The molecule has 0 saturated carbocycles. The number of Topliss-reactive ketones (excluding diaryl/α,β-unsaturated/α-hetero) is 1. The first-order chi connectivity index (χ1) is 15.4. The van der Waals surface area contributed by atoms with E-state index >= 15 is 0 Å². The van der Waals surface area contributed by atoms with Crippen LogP contribution < -0.4 is 4.74 Å². The zero-order valence-electron chi connectivity index (χ0n) is 19.1. The van der Waals surface area contributed by atoms with Crippen LogP contribution >= 0.6 is 0 Å². The molecule has 0 spiro atoms. The Bertz CT molecular complexity index is 1070. The third-order valence-corrected chi connectivity index (χ3v) is 6.20. The van der Waals surface area contributed by atoms with E-state index in [2.05, 4.69) is 0 Å². The number of hydrogen-bond donors (Lipinski definition) is 1. The minimum Gasteiger partial charge on any atom is -0.507 e. The third kappa shape index (κ3) is 4.04. The van der Waals surface area contributed by atoms with Gasteiger partial charge in [-0.05, 0) is 69.2 Å². The van der Waals surface area contributed by atoms with E-state index in [0.29, 0.717) is 29.8 Å². The average Bonchev–Trinajstić information content (AvgIpc) is 3.03. The Morgan fingerprint density at radius 2 is 1.81 bits per heavy atom. The lowest BCUT2D eigenvalue weighted by Crippen LogP contribution is -2.30. The first kappa shape index (κ1) is 22.1. The van der Waals surface area contributed by atoms with Crippen LogP contribution in [0, 0.1) is 0 Å². The fourth-order valence-corrected chi connectivity index (χ4v) is 4.78. The molecule has 0 aromatic heterocycles. The van der Waals surface area contributed by atoms with Gasteiger partial charge >= 0.3 is 0 Å². The van der Waals surface area contributed by atoms with E-state index in [1.165, 1.54) is 17.5 Å². The van der Waals surface area contributed by atoms with Crippen molar-refractivity contribution in [1.82, 2.24) is 4.90 Å². The number of rotatable bonds is 6. The number of aliphatic hydroxyl groups excluding tert-OH is 1. The van der Waals surface area contributed by atoms with Crippen LogP contribution in [0.5, 0.6) is 5.75 Å². The standard InChI is InChI=1S/C27H31NO4/c1-4-15-28-24(21-11-7-8-12-22(21)32-17(2)3)23(26(30)27(28)31)25(29)20-14-13-18-9-5-6-10-19(18)16-20/h7-8,11-14,16-17,24,29H,4-6,9-10,15H2,1-3H3/b25-23+. The van der Waals surface area contributed by atoms with Gasteiger partial charge in [-0.15, -0.1) is 0 Å². The smallest absolute Gasteiger partial charge is 0.295 e. The maximum absolute atomic E-state index is 13.2. The van der Waals surface area contributed by atoms with Crippen molar-refractivity contribution in [3.05, 3.63) is 70.3 Å². The van der Waals surface area contributed by atoms with Crippen molar-refractivity contribution < 1.29 is 19.4 Å². The molecular weight excluding hydrogens is 402 g/mol. The number of carbonyl (C=O) groups is 2. The molecule has 2 aromatic carbocycles. The molecular formula is C27H31NO4. The van der Waals surface area contributed by atoms with E-state index < -0.39 is 17.7 Å². The molecule has 1 heterocycles. The molecule has 1 fully saturated rings. The highest BCUT2D eigenvalue weighted by atomic mass is 16.5. The summed E-state index contributed by atoms with van der Waals surface area (Å²) in [6.45, 7) is 6.27. The fraction of sp³-hybridized carbons (Fsp3) is 0.407. The second-order valence-corrected chi connectivity index (χ2v) is 8.89. The molecule has 0 bridgehead atoms. The van der Waals surface area contributed by atoms with E-state index in [-0.39, 0.29) is 17.4 Å². The van der Waals surface area contributed by atoms with E-state index in [1.54, 1.807) is 4.90 Å². The van der Waals surface area contributed by atoms with Gasteiger partial charge in [0, 0.05) is 17.7 Å². The quantitative estimate of drug-likeness (QED) is 0.387. The summed E-state index contributed by atoms with van der Waals surface area (Å²) in [5.41, 5.74) is 3.95. The predicted octanol–water partition coefficient (Wildman–Crippen LogP) is 5.18. The SMILES string of the molecule is CCCN1C(=O)C(=O)/C(=C(/O)c2ccc3c(c2)CCCC3)C1c1ccccc1OC(C)C. The lowest BCUT2D eigenvalue weighted by atomic mass is 9.88. The van der Waals surface area contributed by atoms with Gasteiger partial charge in [-0.2, -0.15) is 0 Å². The topological polar surface area (TPSA) is 66.8 Å². The molecule has 0 radical (unpaired) electrons. The minimum absolute atomic E-state index is 0.0646. The summed E-state index contributed by atoms with van der Waals surface area (Å²) in [5, 5.41) is 11.3. The highest BCUT2D eigenvalue weighted by Gasteiger charge is 2.46. The van der Waals surface area contributed by atoms with Crippen LogP contribution in [0.25, 0.3) is 5.76 Å². The van der Waals surface area contributed by atoms with Crippen LogP contribution in [-0.2, 0) is 22.4 Å². The molecule has 168 valence electrons. The zero-order chi connectivity index (χ0) is 22.8. The van der Waals surface area contributed by atoms with Gasteiger partial charge in [0.15, 0.2) is 0 Å². The number of aryl methyl sites for hydroxylation is 2. The largest absolute Gasteiger partial charge is 0.507 e. The van der Waals surface area contributed by atoms with Crippen LogP contribution in [0.4, 0.5) is 0 Å². The average molecular weight is 434 g/mol. The number of carbonyl (C=O) groups excluding carboxylic acids is 2. The highest BCUT2D eigenvalue weighted by Crippen LogP contribution is 2.43. The van der Waals surface area contributed by atoms with Crippen LogP contribution in [0.2, 0.25) is 0 Å². The number of aliphatic hydroxyl groups is 1. The number of amides is 1. The van der Waals surface area contributed by atoms with Crippen molar-refractivity contribution in [3.63, 3.8) is 0 Å². The number of likely N-dealkylation sites (tertiary alicyclic amines) is 1. The highest BCUT2D eigenvalue weighted by molar-refractivity contribution is 6.46. The van der Waals surface area contributed by atoms with Gasteiger partial charge in [-0.25, -0.2) is 0 Å². The Morgan fingerprint density at radius 3 is 2.53 bits per heavy atom. The van der Waals surface area contributed by atoms with Crippen LogP contribution in [0.3, 0.4) is 0 Å². The number of fused-ring (bicyclic) bond motifs is 1. The Balaban J connectivity index is 1.87. The Hall–Kier alpha value is -3.08. The second-order valence-electron chi connectivity index (χ2n) is 8.89. The van der Waals surface area contributed by atoms with Crippen LogP contribution in [-0.4, -0.2) is 34.3 Å². The molecule has 5 heteroatoms. The number of benzene rings is 2. The molecule has 4 rings (SSSR count). The Morgan fingerprint density at radius 1 is 1.09 bits per heavy atom. The summed E-state index contributed by atoms with van der Waals surface area (Å²) in [6, 6.07) is 12.7. The maximum atomic E-state index is 13.2. The van der Waals surface area contributed by atoms with Gasteiger partial charge in [0.25, 0.3) is 11.7 Å². The molecule has 1 aliphatic carbocycles. The molecule has 5 nitrogen and oxygen atoms in total. The van der Waals surface area contributed by atoms with Gasteiger partial charge in [0.1, 0.15) is 11.5 Å². The Kier molecular flexibility index (Phi) is 6.35. The molecule has 1 unspecified atom stereocenters. The minimum atomic E-state index is -0.680. The number of ether oxygens (including phenoxy) is 1. The van der Waals surface area contributed by atoms with E-state index in [1.807, 2.05) is 63.2 Å². The zero-order valence-corrected chi connectivity index (χ0v) is 19.1. The van der Waals surface area contributed by atoms with Crippen molar-refractivity contribution in [3.8, 4) is 5.75 Å². The summed E-state index contributed by atoms with van der Waals surface area (Å²) in [5.74, 6) is -0.708. The predicted molar refractivity (Wildman–Crippen MR) is 125 cm³/mol. The molecule has 1 amide bonds. The van der Waals surface area contributed by atoms with Crippen molar-refractivity contribution in [2.45, 2.75) is 65.0 Å². The van der Waals surface area contributed by atoms with Crippen molar-refractivity contribution in [1.29, 1.82) is 0 Å². The van der Waals surface area contributed by atoms with Gasteiger partial charge in [0.2, 0.25) is 0 Å². The summed E-state index contributed by atoms with van der Waals surface area (Å²) < 4.78 is 6.01. The molecule has 2 aromatic rings. The van der Waals surface area contributed by atoms with Gasteiger partial charge in [-0.3, -0.25) is 9.59 Å². The summed E-state index contributed by atoms with van der Waals surface area (Å²) >= 11 is 0. The van der Waals surface area contributed by atoms with Gasteiger partial charge in [-0.1, -0.05) is 37.3 Å². The lowest BCUT2D eigenvalue weighted by Gasteiger charge is -2.27. The van der Waals surface area contributed by atoms with Crippen LogP contribution in [0.15, 0.2) is 48.0 Å². The molecule has 2 aliphatic rings. The van der Waals surface area contributed by atoms with Gasteiger partial charge < -0.3 is 14.7 Å². The summed E-state index contributed by atoms with van der Waals surface area (Å²) in [6.07, 6.45) is 4.94. The van der Waals surface area contributed by atoms with Crippen LogP contribution in [0.1, 0.15) is 68.3 Å². The molecule has 1 aliphatic heterocycles. The van der Waals surface area contributed by atoms with Gasteiger partial charge in [0.05, 0.1) is 17.7 Å². The van der Waals surface area contributed by atoms with E-state index in [9.17, 15) is 14.7 Å². The molecule has 1 N–H and O–H groups in total. The first-order valence-corrected chi connectivity index (χ1v) is 11.6. The summed E-state index contributed by atoms with van der Waals surface area (Å²) in [4.78, 5) is 27.7. The number of hydrogen-bond acceptors (Lipinski definition) is 4. The van der Waals surface area contributed by atoms with Crippen molar-refractivity contribution in [2.24, 2.45) is 0 Å². The molecule has 1 atom stereocenters. The lowest BCUT2D eigenvalue weighted by molar-refractivity contribution is -0.139.